The largest absolute Gasteiger partial charge is 0.391 e. The normalized spacial score (nSPS) is 32.9. The molecule has 3 rings (SSSR count). The maximum absolute atomic E-state index is 12.7. The number of nitrogens with zero attached hydrogens (tertiary/aromatic N) is 2. The number of ether oxygens (including phenoxy) is 1. The van der Waals surface area contributed by atoms with Crippen LogP contribution < -0.4 is 5.32 Å². The molecule has 2 unspecified atom stereocenters. The number of alkyl halides is 3. The Morgan fingerprint density at radius 1 is 1.17 bits per heavy atom. The van der Waals surface area contributed by atoms with Crippen molar-refractivity contribution in [2.24, 2.45) is 13.0 Å². The lowest BCUT2D eigenvalue weighted by Gasteiger charge is -2.36. The molecule has 1 aromatic heterocycles. The predicted octanol–water partition coefficient (Wildman–Crippen LogP) is 3.35. The van der Waals surface area contributed by atoms with E-state index in [1.807, 2.05) is 17.8 Å². The summed E-state index contributed by atoms with van der Waals surface area (Å²) in [5.41, 5.74) is 1.05. The van der Waals surface area contributed by atoms with Crippen LogP contribution >= 0.6 is 0 Å². The van der Waals surface area contributed by atoms with E-state index in [0.717, 1.165) is 18.5 Å². The van der Waals surface area contributed by atoms with E-state index in [1.165, 1.54) is 0 Å². The van der Waals surface area contributed by atoms with Crippen LogP contribution in [0.1, 0.15) is 50.3 Å². The van der Waals surface area contributed by atoms with Gasteiger partial charge >= 0.3 is 6.18 Å². The zero-order valence-electron chi connectivity index (χ0n) is 13.4. The van der Waals surface area contributed by atoms with Gasteiger partial charge < -0.3 is 14.6 Å². The number of aryl methyl sites for hydroxylation is 1. The van der Waals surface area contributed by atoms with Crippen molar-refractivity contribution in [2.75, 3.05) is 6.61 Å². The summed E-state index contributed by atoms with van der Waals surface area (Å²) >= 11 is 0. The molecule has 1 aliphatic carbocycles. The molecule has 0 radical (unpaired) electrons. The lowest BCUT2D eigenvalue weighted by atomic mass is 9.85. The van der Waals surface area contributed by atoms with Crippen molar-refractivity contribution in [2.45, 2.75) is 62.9 Å². The first-order chi connectivity index (χ1) is 10.9. The van der Waals surface area contributed by atoms with E-state index in [-0.39, 0.29) is 25.0 Å². The SMILES string of the molecule is Cn1cncc1C1CC(NC2CCC(C(F)(F)F)CC2)CCO1. The number of nitrogens with one attached hydrogen (secondary N) is 1. The maximum Gasteiger partial charge on any atom is 0.391 e. The van der Waals surface area contributed by atoms with Crippen molar-refractivity contribution in [3.05, 3.63) is 18.2 Å². The third-order valence-electron chi connectivity index (χ3n) is 5.13. The third kappa shape index (κ3) is 4.07. The van der Waals surface area contributed by atoms with Crippen LogP contribution in [-0.2, 0) is 11.8 Å². The van der Waals surface area contributed by atoms with Crippen molar-refractivity contribution >= 4 is 0 Å². The Kier molecular flexibility index (Phi) is 4.96. The van der Waals surface area contributed by atoms with Gasteiger partial charge in [-0.3, -0.25) is 0 Å². The molecular formula is C16H24F3N3O. The first kappa shape index (κ1) is 16.8. The summed E-state index contributed by atoms with van der Waals surface area (Å²) < 4.78 is 46.0. The second-order valence-electron chi connectivity index (χ2n) is 6.77. The Morgan fingerprint density at radius 2 is 1.91 bits per heavy atom. The topological polar surface area (TPSA) is 39.1 Å². The molecule has 0 aromatic carbocycles. The minimum Gasteiger partial charge on any atom is -0.372 e. The molecule has 1 saturated carbocycles. The molecule has 1 aromatic rings. The molecule has 0 amide bonds. The molecule has 2 heterocycles. The van der Waals surface area contributed by atoms with E-state index in [1.54, 1.807) is 6.33 Å². The minimum absolute atomic E-state index is 0.0141. The number of halogens is 3. The monoisotopic (exact) mass is 331 g/mol. The van der Waals surface area contributed by atoms with E-state index in [0.29, 0.717) is 25.5 Å². The summed E-state index contributed by atoms with van der Waals surface area (Å²) in [6.45, 7) is 0.672. The van der Waals surface area contributed by atoms with Gasteiger partial charge in [-0.15, -0.1) is 0 Å². The Hall–Kier alpha value is -1.08. The average molecular weight is 331 g/mol. The molecule has 23 heavy (non-hydrogen) atoms. The molecule has 4 nitrogen and oxygen atoms in total. The molecule has 2 atom stereocenters. The summed E-state index contributed by atoms with van der Waals surface area (Å²) in [5, 5.41) is 3.56. The number of rotatable bonds is 3. The molecular weight excluding hydrogens is 307 g/mol. The van der Waals surface area contributed by atoms with Crippen molar-refractivity contribution in [3.63, 3.8) is 0 Å². The molecule has 7 heteroatoms. The summed E-state index contributed by atoms with van der Waals surface area (Å²) in [5.74, 6) is -1.11. The Bertz CT molecular complexity index is 509. The average Bonchev–Trinajstić information content (AvgIpc) is 2.93. The van der Waals surface area contributed by atoms with Crippen molar-refractivity contribution in [3.8, 4) is 0 Å². The van der Waals surface area contributed by atoms with Crippen LogP contribution in [0.5, 0.6) is 0 Å². The van der Waals surface area contributed by atoms with Gasteiger partial charge in [-0.25, -0.2) is 4.98 Å². The number of imidazole rings is 1. The van der Waals surface area contributed by atoms with E-state index in [9.17, 15) is 13.2 Å². The van der Waals surface area contributed by atoms with Gasteiger partial charge in [0.15, 0.2) is 0 Å². The molecule has 2 fully saturated rings. The van der Waals surface area contributed by atoms with Gasteiger partial charge in [0, 0.05) is 25.7 Å². The quantitative estimate of drug-likeness (QED) is 0.923. The zero-order valence-corrected chi connectivity index (χ0v) is 13.4. The summed E-state index contributed by atoms with van der Waals surface area (Å²) in [6, 6.07) is 0.500. The first-order valence-electron chi connectivity index (χ1n) is 8.34. The Balaban J connectivity index is 1.50. The highest BCUT2D eigenvalue weighted by Crippen LogP contribution is 2.38. The first-order valence-corrected chi connectivity index (χ1v) is 8.34. The van der Waals surface area contributed by atoms with Gasteiger partial charge in [0.2, 0.25) is 0 Å². The highest BCUT2D eigenvalue weighted by Gasteiger charge is 2.41. The van der Waals surface area contributed by atoms with Gasteiger partial charge in [0.25, 0.3) is 0 Å². The lowest BCUT2D eigenvalue weighted by Crippen LogP contribution is -2.45. The van der Waals surface area contributed by atoms with Gasteiger partial charge in [0.1, 0.15) is 6.10 Å². The molecule has 1 N–H and O–H groups in total. The van der Waals surface area contributed by atoms with Crippen LogP contribution in [0.4, 0.5) is 13.2 Å². The molecule has 0 spiro atoms. The Morgan fingerprint density at radius 3 is 2.52 bits per heavy atom. The standard InChI is InChI=1S/C16H24F3N3O/c1-22-10-20-9-14(22)15-8-13(6-7-23-15)21-12-4-2-11(3-5-12)16(17,18)19/h9-13,15,21H,2-8H2,1H3. The van der Waals surface area contributed by atoms with Gasteiger partial charge in [-0.05, 0) is 38.5 Å². The van der Waals surface area contributed by atoms with Crippen LogP contribution in [0.25, 0.3) is 0 Å². The summed E-state index contributed by atoms with van der Waals surface area (Å²) in [4.78, 5) is 4.12. The minimum atomic E-state index is -4.03. The fraction of sp³-hybridized carbons (Fsp3) is 0.812. The summed E-state index contributed by atoms with van der Waals surface area (Å²) in [6.07, 6.45) is 3.03. The molecule has 130 valence electrons. The number of hydrogen-bond donors (Lipinski definition) is 1. The van der Waals surface area contributed by atoms with E-state index in [2.05, 4.69) is 10.3 Å². The number of aromatic nitrogens is 2. The highest BCUT2D eigenvalue weighted by atomic mass is 19.4. The molecule has 2 aliphatic rings. The summed E-state index contributed by atoms with van der Waals surface area (Å²) in [7, 11) is 1.95. The zero-order chi connectivity index (χ0) is 16.4. The smallest absolute Gasteiger partial charge is 0.372 e. The number of hydrogen-bond acceptors (Lipinski definition) is 3. The fourth-order valence-electron chi connectivity index (χ4n) is 3.75. The van der Waals surface area contributed by atoms with Gasteiger partial charge in [-0.2, -0.15) is 13.2 Å². The second-order valence-corrected chi connectivity index (χ2v) is 6.77. The van der Waals surface area contributed by atoms with Crippen LogP contribution in [0.15, 0.2) is 12.5 Å². The molecule has 0 bridgehead atoms. The van der Waals surface area contributed by atoms with Crippen LogP contribution in [0.3, 0.4) is 0 Å². The third-order valence-corrected chi connectivity index (χ3v) is 5.13. The highest BCUT2D eigenvalue weighted by molar-refractivity contribution is 5.04. The van der Waals surface area contributed by atoms with E-state index >= 15 is 0 Å². The van der Waals surface area contributed by atoms with Crippen LogP contribution in [0, 0.1) is 5.92 Å². The second kappa shape index (κ2) is 6.81. The van der Waals surface area contributed by atoms with Crippen molar-refractivity contribution < 1.29 is 17.9 Å². The van der Waals surface area contributed by atoms with Crippen molar-refractivity contribution in [1.82, 2.24) is 14.9 Å². The Labute approximate surface area is 134 Å². The van der Waals surface area contributed by atoms with Crippen molar-refractivity contribution in [1.29, 1.82) is 0 Å². The maximum atomic E-state index is 12.7. The lowest BCUT2D eigenvalue weighted by molar-refractivity contribution is -0.182. The fourth-order valence-corrected chi connectivity index (χ4v) is 3.75. The predicted molar refractivity (Wildman–Crippen MR) is 79.9 cm³/mol. The van der Waals surface area contributed by atoms with E-state index < -0.39 is 12.1 Å². The van der Waals surface area contributed by atoms with E-state index in [4.69, 9.17) is 4.74 Å². The van der Waals surface area contributed by atoms with Crippen LogP contribution in [0.2, 0.25) is 0 Å². The van der Waals surface area contributed by atoms with Crippen LogP contribution in [-0.4, -0.2) is 34.4 Å². The van der Waals surface area contributed by atoms with Gasteiger partial charge in [-0.1, -0.05) is 0 Å². The molecule has 1 saturated heterocycles. The van der Waals surface area contributed by atoms with Gasteiger partial charge in [0.05, 0.1) is 24.1 Å². The molecule has 1 aliphatic heterocycles.